The summed E-state index contributed by atoms with van der Waals surface area (Å²) in [7, 11) is 4.14. The lowest BCUT2D eigenvalue weighted by molar-refractivity contribution is 0.174. The van der Waals surface area contributed by atoms with Crippen molar-refractivity contribution in [3.8, 4) is 11.5 Å². The quantitative estimate of drug-likeness (QED) is 0.926. The zero-order valence-electron chi connectivity index (χ0n) is 12.0. The van der Waals surface area contributed by atoms with Gasteiger partial charge in [0.15, 0.2) is 11.5 Å². The molecule has 106 valence electrons. The number of aromatic nitrogens is 1. The lowest BCUT2D eigenvalue weighted by atomic mass is 10.1. The molecule has 1 N–H and O–H groups in total. The van der Waals surface area contributed by atoms with Gasteiger partial charge in [0.05, 0.1) is 5.52 Å². The van der Waals surface area contributed by atoms with Gasteiger partial charge in [0.1, 0.15) is 0 Å². The monoisotopic (exact) mass is 273 g/mol. The predicted molar refractivity (Wildman–Crippen MR) is 79.5 cm³/mol. The highest BCUT2D eigenvalue weighted by molar-refractivity contribution is 5.93. The summed E-state index contributed by atoms with van der Waals surface area (Å²) in [6, 6.07) is 6.27. The first-order valence-electron chi connectivity index (χ1n) is 6.73. The fraction of sp³-hybridized carbons (Fsp3) is 0.400. The maximum Gasteiger partial charge on any atom is 0.231 e. The van der Waals surface area contributed by atoms with E-state index >= 15 is 0 Å². The Balaban J connectivity index is 1.95. The number of benzene rings is 1. The number of nitrogens with one attached hydrogen (secondary N) is 1. The Kier molecular flexibility index (Phi) is 3.36. The van der Waals surface area contributed by atoms with Crippen LogP contribution in [0.5, 0.6) is 11.5 Å². The first-order chi connectivity index (χ1) is 9.63. The third kappa shape index (κ3) is 2.49. The molecule has 0 amide bonds. The number of anilines is 1. The molecule has 1 aliphatic heterocycles. The topological polar surface area (TPSA) is 46.6 Å². The van der Waals surface area contributed by atoms with E-state index in [1.807, 2.05) is 24.4 Å². The van der Waals surface area contributed by atoms with E-state index in [9.17, 15) is 0 Å². The third-order valence-electron chi connectivity index (χ3n) is 3.28. The lowest BCUT2D eigenvalue weighted by Gasteiger charge is -2.20. The summed E-state index contributed by atoms with van der Waals surface area (Å²) in [5.41, 5.74) is 1.99. The molecule has 1 atom stereocenters. The molecule has 1 aromatic heterocycles. The number of hydrogen-bond acceptors (Lipinski definition) is 5. The van der Waals surface area contributed by atoms with Crippen LogP contribution in [0.4, 0.5) is 5.69 Å². The van der Waals surface area contributed by atoms with Crippen LogP contribution >= 0.6 is 0 Å². The molecule has 3 rings (SSSR count). The predicted octanol–water partition coefficient (Wildman–Crippen LogP) is 2.33. The number of ether oxygens (including phenoxy) is 2. The number of likely N-dealkylation sites (N-methyl/N-ethyl adjacent to an activating group) is 1. The summed E-state index contributed by atoms with van der Waals surface area (Å²) in [6.07, 6.45) is 1.81. The number of nitrogens with zero attached hydrogens (tertiary/aromatic N) is 2. The summed E-state index contributed by atoms with van der Waals surface area (Å²) in [5.74, 6) is 1.55. The fourth-order valence-electron chi connectivity index (χ4n) is 2.52. The molecule has 1 unspecified atom stereocenters. The molecule has 0 spiro atoms. The molecule has 1 aromatic carbocycles. The van der Waals surface area contributed by atoms with E-state index in [4.69, 9.17) is 9.47 Å². The molecule has 0 bridgehead atoms. The number of hydrogen-bond donors (Lipinski definition) is 1. The van der Waals surface area contributed by atoms with Gasteiger partial charge in [-0.05, 0) is 33.2 Å². The van der Waals surface area contributed by atoms with Crippen molar-refractivity contribution in [3.05, 3.63) is 24.4 Å². The first-order valence-corrected chi connectivity index (χ1v) is 6.73. The van der Waals surface area contributed by atoms with Crippen molar-refractivity contribution in [2.75, 3.05) is 32.7 Å². The maximum absolute atomic E-state index is 5.45. The van der Waals surface area contributed by atoms with E-state index < -0.39 is 0 Å². The van der Waals surface area contributed by atoms with Gasteiger partial charge in [-0.1, -0.05) is 0 Å². The second-order valence-corrected chi connectivity index (χ2v) is 5.39. The smallest absolute Gasteiger partial charge is 0.231 e. The molecule has 0 aliphatic carbocycles. The van der Waals surface area contributed by atoms with Gasteiger partial charge in [-0.3, -0.25) is 4.98 Å². The minimum Gasteiger partial charge on any atom is -0.454 e. The van der Waals surface area contributed by atoms with E-state index in [1.165, 1.54) is 0 Å². The fourth-order valence-corrected chi connectivity index (χ4v) is 2.52. The van der Waals surface area contributed by atoms with Gasteiger partial charge < -0.3 is 19.7 Å². The van der Waals surface area contributed by atoms with Gasteiger partial charge in [-0.2, -0.15) is 0 Å². The number of fused-ring (bicyclic) bond motifs is 2. The molecule has 5 nitrogen and oxygen atoms in total. The Hall–Kier alpha value is -2.01. The molecule has 5 heteroatoms. The van der Waals surface area contributed by atoms with Crippen LogP contribution in [0, 0.1) is 0 Å². The Labute approximate surface area is 118 Å². The molecule has 1 aliphatic rings. The van der Waals surface area contributed by atoms with Gasteiger partial charge in [0.25, 0.3) is 0 Å². The average Bonchev–Trinajstić information content (AvgIpc) is 2.82. The van der Waals surface area contributed by atoms with Crippen LogP contribution in [0.2, 0.25) is 0 Å². The van der Waals surface area contributed by atoms with Crippen molar-refractivity contribution in [2.24, 2.45) is 0 Å². The highest BCUT2D eigenvalue weighted by Gasteiger charge is 2.16. The van der Waals surface area contributed by atoms with Gasteiger partial charge >= 0.3 is 0 Å². The van der Waals surface area contributed by atoms with Crippen LogP contribution in [-0.4, -0.2) is 43.4 Å². The maximum atomic E-state index is 5.45. The highest BCUT2D eigenvalue weighted by atomic mass is 16.7. The molecule has 2 heterocycles. The standard InChI is InChI=1S/C15H19N3O2/c1-10(8-18(2)3)17-12-4-5-16-13-7-15-14(6-11(12)13)19-9-20-15/h4-7,10H,8-9H2,1-3H3,(H,16,17). The van der Waals surface area contributed by atoms with Crippen molar-refractivity contribution >= 4 is 16.6 Å². The van der Waals surface area contributed by atoms with Crippen LogP contribution in [0.15, 0.2) is 24.4 Å². The lowest BCUT2D eigenvalue weighted by Crippen LogP contribution is -2.29. The second kappa shape index (κ2) is 5.17. The van der Waals surface area contributed by atoms with Gasteiger partial charge in [0, 0.05) is 35.9 Å². The molecule has 0 radical (unpaired) electrons. The van der Waals surface area contributed by atoms with Crippen molar-refractivity contribution < 1.29 is 9.47 Å². The summed E-state index contributed by atoms with van der Waals surface area (Å²) in [5, 5.41) is 4.59. The van der Waals surface area contributed by atoms with E-state index in [0.717, 1.165) is 34.6 Å². The van der Waals surface area contributed by atoms with Crippen LogP contribution in [0.25, 0.3) is 10.9 Å². The van der Waals surface area contributed by atoms with E-state index in [1.54, 1.807) is 0 Å². The van der Waals surface area contributed by atoms with Gasteiger partial charge in [0.2, 0.25) is 6.79 Å². The van der Waals surface area contributed by atoms with E-state index in [-0.39, 0.29) is 6.79 Å². The molecular weight excluding hydrogens is 254 g/mol. The van der Waals surface area contributed by atoms with Crippen molar-refractivity contribution in [1.29, 1.82) is 0 Å². The zero-order valence-corrected chi connectivity index (χ0v) is 12.0. The van der Waals surface area contributed by atoms with Gasteiger partial charge in [-0.25, -0.2) is 0 Å². The second-order valence-electron chi connectivity index (χ2n) is 5.39. The Morgan fingerprint density at radius 2 is 2.05 bits per heavy atom. The Morgan fingerprint density at radius 3 is 2.80 bits per heavy atom. The summed E-state index contributed by atoms with van der Waals surface area (Å²) in [4.78, 5) is 6.56. The van der Waals surface area contributed by atoms with E-state index in [0.29, 0.717) is 6.04 Å². The van der Waals surface area contributed by atoms with Crippen molar-refractivity contribution in [3.63, 3.8) is 0 Å². The number of pyridine rings is 1. The molecule has 0 saturated carbocycles. The zero-order chi connectivity index (χ0) is 14.1. The normalized spacial score (nSPS) is 14.8. The van der Waals surface area contributed by atoms with Crippen LogP contribution < -0.4 is 14.8 Å². The largest absolute Gasteiger partial charge is 0.454 e. The molecule has 2 aromatic rings. The van der Waals surface area contributed by atoms with Crippen molar-refractivity contribution in [1.82, 2.24) is 9.88 Å². The first kappa shape index (κ1) is 13.0. The highest BCUT2D eigenvalue weighted by Crippen LogP contribution is 2.37. The van der Waals surface area contributed by atoms with E-state index in [2.05, 4.69) is 36.2 Å². The van der Waals surface area contributed by atoms with Crippen LogP contribution in [-0.2, 0) is 0 Å². The third-order valence-corrected chi connectivity index (χ3v) is 3.28. The molecular formula is C15H19N3O2. The minimum atomic E-state index is 0.283. The molecule has 0 saturated heterocycles. The number of rotatable bonds is 4. The SMILES string of the molecule is CC(CN(C)C)Nc1ccnc2cc3c(cc12)OCO3. The summed E-state index contributed by atoms with van der Waals surface area (Å²) >= 11 is 0. The molecule has 0 fully saturated rings. The average molecular weight is 273 g/mol. The summed E-state index contributed by atoms with van der Waals surface area (Å²) in [6.45, 7) is 3.42. The Morgan fingerprint density at radius 1 is 1.30 bits per heavy atom. The molecule has 20 heavy (non-hydrogen) atoms. The summed E-state index contributed by atoms with van der Waals surface area (Å²) < 4.78 is 10.8. The van der Waals surface area contributed by atoms with Crippen LogP contribution in [0.3, 0.4) is 0 Å². The van der Waals surface area contributed by atoms with Crippen molar-refractivity contribution in [2.45, 2.75) is 13.0 Å². The minimum absolute atomic E-state index is 0.283. The van der Waals surface area contributed by atoms with Gasteiger partial charge in [-0.15, -0.1) is 0 Å². The van der Waals surface area contributed by atoms with Crippen LogP contribution in [0.1, 0.15) is 6.92 Å². The Bertz CT molecular complexity index is 628.